The second-order valence-electron chi connectivity index (χ2n) is 5.34. The average molecular weight is 334 g/mol. The first-order valence-corrected chi connectivity index (χ1v) is 6.82. The number of carbonyl (C=O) groups is 2. The number of hydrogen-bond donors (Lipinski definition) is 0. The summed E-state index contributed by atoms with van der Waals surface area (Å²) < 4.78 is 44.1. The lowest BCUT2D eigenvalue weighted by Gasteiger charge is -2.20. The highest BCUT2D eigenvalue weighted by Gasteiger charge is 2.37. The molecule has 0 aliphatic rings. The van der Waals surface area contributed by atoms with E-state index < -0.39 is 41.6 Å². The minimum atomic E-state index is -4.87. The summed E-state index contributed by atoms with van der Waals surface area (Å²) in [5.41, 5.74) is -3.10. The third-order valence-electron chi connectivity index (χ3n) is 3.10. The SMILES string of the molecule is COC(=O)[C@H](CC(C)C)n1cc(CC=O)c(C(F)(F)F)nc1=O. The van der Waals surface area contributed by atoms with Crippen molar-refractivity contribution in [2.24, 2.45) is 5.92 Å². The highest BCUT2D eigenvalue weighted by Crippen LogP contribution is 2.30. The van der Waals surface area contributed by atoms with Crippen molar-refractivity contribution in [2.45, 2.75) is 38.9 Å². The molecule has 0 aliphatic heterocycles. The zero-order valence-corrected chi connectivity index (χ0v) is 12.9. The molecule has 6 nitrogen and oxygen atoms in total. The number of halogens is 3. The first-order chi connectivity index (χ1) is 10.6. The number of alkyl halides is 3. The van der Waals surface area contributed by atoms with Crippen LogP contribution in [0.3, 0.4) is 0 Å². The first-order valence-electron chi connectivity index (χ1n) is 6.82. The Hall–Kier alpha value is -2.19. The number of aldehydes is 1. The number of methoxy groups -OCH3 is 1. The van der Waals surface area contributed by atoms with E-state index in [0.29, 0.717) is 0 Å². The molecule has 0 spiro atoms. The molecule has 0 saturated carbocycles. The van der Waals surface area contributed by atoms with Gasteiger partial charge in [0.1, 0.15) is 12.3 Å². The van der Waals surface area contributed by atoms with Gasteiger partial charge in [0.2, 0.25) is 0 Å². The van der Waals surface area contributed by atoms with Crippen LogP contribution < -0.4 is 5.69 Å². The van der Waals surface area contributed by atoms with Gasteiger partial charge in [-0.05, 0) is 12.3 Å². The molecule has 0 bridgehead atoms. The Morgan fingerprint density at radius 3 is 2.48 bits per heavy atom. The van der Waals surface area contributed by atoms with Crippen molar-refractivity contribution in [1.82, 2.24) is 9.55 Å². The largest absolute Gasteiger partial charge is 0.467 e. The van der Waals surface area contributed by atoms with E-state index in [0.717, 1.165) is 17.9 Å². The third kappa shape index (κ3) is 4.64. The van der Waals surface area contributed by atoms with E-state index >= 15 is 0 Å². The zero-order chi connectivity index (χ0) is 17.8. The van der Waals surface area contributed by atoms with Gasteiger partial charge in [0.15, 0.2) is 5.69 Å². The van der Waals surface area contributed by atoms with Crippen LogP contribution in [0.4, 0.5) is 13.2 Å². The molecule has 9 heteroatoms. The Balaban J connectivity index is 3.51. The summed E-state index contributed by atoms with van der Waals surface area (Å²) in [5.74, 6) is -0.790. The normalized spacial score (nSPS) is 13.0. The van der Waals surface area contributed by atoms with Crippen LogP contribution in [0.1, 0.15) is 37.6 Å². The summed E-state index contributed by atoms with van der Waals surface area (Å²) in [4.78, 5) is 37.4. The molecule has 1 atom stereocenters. The number of hydrogen-bond acceptors (Lipinski definition) is 5. The van der Waals surface area contributed by atoms with E-state index in [4.69, 9.17) is 0 Å². The summed E-state index contributed by atoms with van der Waals surface area (Å²) in [6, 6.07) is -1.10. The van der Waals surface area contributed by atoms with Crippen LogP contribution in [0.5, 0.6) is 0 Å². The minimum absolute atomic E-state index is 0.0252. The molecular formula is C14H17F3N2O4. The summed E-state index contributed by atoms with van der Waals surface area (Å²) in [6.45, 7) is 3.57. The molecule has 23 heavy (non-hydrogen) atoms. The monoisotopic (exact) mass is 334 g/mol. The van der Waals surface area contributed by atoms with Crippen molar-refractivity contribution in [3.8, 4) is 0 Å². The Labute approximate surface area is 130 Å². The fraction of sp³-hybridized carbons (Fsp3) is 0.571. The molecule has 1 heterocycles. The molecule has 1 aromatic rings. The molecule has 0 fully saturated rings. The van der Waals surface area contributed by atoms with Gasteiger partial charge >= 0.3 is 17.8 Å². The predicted molar refractivity (Wildman–Crippen MR) is 73.8 cm³/mol. The Kier molecular flexibility index (Phi) is 6.05. The van der Waals surface area contributed by atoms with Gasteiger partial charge in [-0.3, -0.25) is 4.57 Å². The highest BCUT2D eigenvalue weighted by molar-refractivity contribution is 5.74. The van der Waals surface area contributed by atoms with Crippen LogP contribution in [-0.2, 0) is 26.9 Å². The van der Waals surface area contributed by atoms with Gasteiger partial charge in [-0.1, -0.05) is 13.8 Å². The van der Waals surface area contributed by atoms with E-state index in [1.54, 1.807) is 13.8 Å². The number of carbonyl (C=O) groups excluding carboxylic acids is 2. The Morgan fingerprint density at radius 2 is 2.04 bits per heavy atom. The molecule has 0 aliphatic carbocycles. The predicted octanol–water partition coefficient (Wildman–Crippen LogP) is 1.76. The van der Waals surface area contributed by atoms with Gasteiger partial charge in [0.25, 0.3) is 0 Å². The van der Waals surface area contributed by atoms with E-state index in [1.165, 1.54) is 0 Å². The zero-order valence-electron chi connectivity index (χ0n) is 12.9. The van der Waals surface area contributed by atoms with Crippen molar-refractivity contribution in [3.05, 3.63) is 27.9 Å². The topological polar surface area (TPSA) is 78.3 Å². The average Bonchev–Trinajstić information content (AvgIpc) is 2.44. The fourth-order valence-electron chi connectivity index (χ4n) is 2.12. The highest BCUT2D eigenvalue weighted by atomic mass is 19.4. The summed E-state index contributed by atoms with van der Waals surface area (Å²) in [6.07, 6.45) is -4.12. The van der Waals surface area contributed by atoms with Gasteiger partial charge in [-0.15, -0.1) is 0 Å². The van der Waals surface area contributed by atoms with Crippen LogP contribution in [0.15, 0.2) is 11.0 Å². The molecular weight excluding hydrogens is 317 g/mol. The van der Waals surface area contributed by atoms with Crippen LogP contribution in [-0.4, -0.2) is 28.9 Å². The lowest BCUT2D eigenvalue weighted by atomic mass is 10.0. The van der Waals surface area contributed by atoms with E-state index in [1.807, 2.05) is 0 Å². The molecule has 0 aromatic carbocycles. The lowest BCUT2D eigenvalue weighted by molar-refractivity contribution is -0.145. The quantitative estimate of drug-likeness (QED) is 0.585. The maximum absolute atomic E-state index is 12.9. The standard InChI is InChI=1S/C14H17F3N2O4/c1-8(2)6-10(12(21)23-3)19-7-9(4-5-20)11(14(15,16)17)18-13(19)22/h5,7-8,10H,4,6H2,1-3H3/t10-/m0/s1. The van der Waals surface area contributed by atoms with Crippen LogP contribution >= 0.6 is 0 Å². The molecule has 0 unspecified atom stereocenters. The first kappa shape index (κ1) is 18.9. The molecule has 128 valence electrons. The fourth-order valence-corrected chi connectivity index (χ4v) is 2.12. The Bertz CT molecular complexity index is 638. The smallest absolute Gasteiger partial charge is 0.433 e. The van der Waals surface area contributed by atoms with Crippen LogP contribution in [0.25, 0.3) is 0 Å². The molecule has 1 aromatic heterocycles. The van der Waals surface area contributed by atoms with Crippen molar-refractivity contribution < 1.29 is 27.5 Å². The second-order valence-corrected chi connectivity index (χ2v) is 5.34. The number of rotatable bonds is 6. The lowest BCUT2D eigenvalue weighted by Crippen LogP contribution is -2.35. The molecule has 0 amide bonds. The van der Waals surface area contributed by atoms with Crippen LogP contribution in [0, 0.1) is 5.92 Å². The molecule has 1 rings (SSSR count). The van der Waals surface area contributed by atoms with Gasteiger partial charge < -0.3 is 9.53 Å². The number of esters is 1. The third-order valence-corrected chi connectivity index (χ3v) is 3.10. The van der Waals surface area contributed by atoms with Crippen molar-refractivity contribution in [1.29, 1.82) is 0 Å². The van der Waals surface area contributed by atoms with Gasteiger partial charge in [0, 0.05) is 18.2 Å². The van der Waals surface area contributed by atoms with E-state index in [-0.39, 0.29) is 18.6 Å². The van der Waals surface area contributed by atoms with Gasteiger partial charge in [0.05, 0.1) is 7.11 Å². The molecule has 0 saturated heterocycles. The van der Waals surface area contributed by atoms with Gasteiger partial charge in [-0.2, -0.15) is 18.2 Å². The number of aromatic nitrogens is 2. The molecule has 0 N–H and O–H groups in total. The maximum Gasteiger partial charge on any atom is 0.433 e. The number of ether oxygens (including phenoxy) is 1. The second kappa shape index (κ2) is 7.38. The summed E-state index contributed by atoms with van der Waals surface area (Å²) in [5, 5.41) is 0. The van der Waals surface area contributed by atoms with Crippen LogP contribution in [0.2, 0.25) is 0 Å². The summed E-state index contributed by atoms with van der Waals surface area (Å²) >= 11 is 0. The van der Waals surface area contributed by atoms with Gasteiger partial charge in [-0.25, -0.2) is 9.59 Å². The number of nitrogens with zero attached hydrogens (tertiary/aromatic N) is 2. The maximum atomic E-state index is 12.9. The minimum Gasteiger partial charge on any atom is -0.467 e. The summed E-state index contributed by atoms with van der Waals surface area (Å²) in [7, 11) is 1.12. The van der Waals surface area contributed by atoms with Crippen molar-refractivity contribution in [2.75, 3.05) is 7.11 Å². The van der Waals surface area contributed by atoms with Crippen molar-refractivity contribution >= 4 is 12.3 Å². The van der Waals surface area contributed by atoms with E-state index in [9.17, 15) is 27.6 Å². The van der Waals surface area contributed by atoms with Crippen molar-refractivity contribution in [3.63, 3.8) is 0 Å². The Morgan fingerprint density at radius 1 is 1.43 bits per heavy atom. The van der Waals surface area contributed by atoms with E-state index in [2.05, 4.69) is 9.72 Å². The molecule has 0 radical (unpaired) electrons.